The predicted octanol–water partition coefficient (Wildman–Crippen LogP) is -1.01. The number of Topliss-reactive ketones (excluding diaryl/α,β-unsaturated/α-hetero) is 1. The van der Waals surface area contributed by atoms with Gasteiger partial charge in [0.2, 0.25) is 0 Å². The molecule has 0 aromatic carbocycles. The Hall–Kier alpha value is -1.31. The van der Waals surface area contributed by atoms with Crippen LogP contribution in [0.3, 0.4) is 0 Å². The number of rotatable bonds is 10. The fourth-order valence-electron chi connectivity index (χ4n) is 1.41. The lowest BCUT2D eigenvalue weighted by molar-refractivity contribution is -0.143. The zero-order chi connectivity index (χ0) is 14.8. The number of hydrogen-bond donors (Lipinski definition) is 2. The molecule has 0 fully saturated rings. The van der Waals surface area contributed by atoms with Crippen molar-refractivity contribution in [3.8, 4) is 0 Å². The minimum absolute atomic E-state index is 0.00885. The van der Waals surface area contributed by atoms with Gasteiger partial charge in [-0.05, 0) is 21.0 Å². The van der Waals surface area contributed by atoms with Crippen molar-refractivity contribution in [2.75, 3.05) is 53.5 Å². The van der Waals surface area contributed by atoms with Gasteiger partial charge in [-0.15, -0.1) is 0 Å². The largest absolute Gasteiger partial charge is 0.459 e. The molecule has 0 unspecified atom stereocenters. The molecule has 0 heterocycles. The van der Waals surface area contributed by atoms with E-state index < -0.39 is 5.97 Å². The summed E-state index contributed by atoms with van der Waals surface area (Å²) in [5.74, 6) is -0.486. The summed E-state index contributed by atoms with van der Waals surface area (Å²) in [5, 5.41) is 15.8. The second kappa shape index (κ2) is 9.60. The van der Waals surface area contributed by atoms with Gasteiger partial charge in [-0.2, -0.15) is 0 Å². The lowest BCUT2D eigenvalue weighted by Crippen LogP contribution is -2.37. The highest BCUT2D eigenvalue weighted by molar-refractivity contribution is 5.84. The molecule has 0 rings (SSSR count). The molecule has 0 aliphatic heterocycles. The van der Waals surface area contributed by atoms with E-state index in [4.69, 9.17) is 15.3 Å². The Morgan fingerprint density at radius 2 is 1.74 bits per heavy atom. The molecule has 0 aromatic heterocycles. The number of carbonyl (C=O) groups excluding carboxylic acids is 2. The van der Waals surface area contributed by atoms with Crippen LogP contribution in [-0.4, -0.2) is 85.9 Å². The first-order valence-corrected chi connectivity index (χ1v) is 6.04. The summed E-state index contributed by atoms with van der Waals surface area (Å²) in [6, 6.07) is 0. The van der Waals surface area contributed by atoms with E-state index in [0.717, 1.165) is 0 Å². The number of ketones is 1. The number of ether oxygens (including phenoxy) is 1. The third-order valence-electron chi connectivity index (χ3n) is 2.22. The molecule has 0 aliphatic rings. The number of hydrogen-bond acceptors (Lipinski definition) is 7. The van der Waals surface area contributed by atoms with E-state index in [9.17, 15) is 9.59 Å². The summed E-state index contributed by atoms with van der Waals surface area (Å²) < 4.78 is 4.82. The molecule has 7 nitrogen and oxygen atoms in total. The van der Waals surface area contributed by atoms with E-state index in [1.54, 1.807) is 30.8 Å². The molecule has 0 amide bonds. The first-order valence-electron chi connectivity index (χ1n) is 6.04. The number of aliphatic hydroxyl groups excluding tert-OH is 1. The highest BCUT2D eigenvalue weighted by atomic mass is 16.5. The maximum atomic E-state index is 11.6. The molecular weight excluding hydrogens is 250 g/mol. The maximum absolute atomic E-state index is 11.6. The van der Waals surface area contributed by atoms with Crippen LogP contribution >= 0.6 is 0 Å². The Morgan fingerprint density at radius 3 is 2.26 bits per heavy atom. The molecule has 0 radical (unpaired) electrons. The lowest BCUT2D eigenvalue weighted by atomic mass is 10.3. The third kappa shape index (κ3) is 10.3. The van der Waals surface area contributed by atoms with Crippen LogP contribution in [-0.2, 0) is 14.3 Å². The van der Waals surface area contributed by atoms with Gasteiger partial charge in [0.15, 0.2) is 5.78 Å². The molecule has 0 aliphatic carbocycles. The highest BCUT2D eigenvalue weighted by Crippen LogP contribution is 1.90. The van der Waals surface area contributed by atoms with Gasteiger partial charge in [-0.25, -0.2) is 0 Å². The van der Waals surface area contributed by atoms with Crippen molar-refractivity contribution in [3.05, 3.63) is 0 Å². The molecule has 0 saturated heterocycles. The van der Waals surface area contributed by atoms with E-state index >= 15 is 0 Å². The van der Waals surface area contributed by atoms with Crippen molar-refractivity contribution < 1.29 is 19.4 Å². The summed E-state index contributed by atoms with van der Waals surface area (Å²) in [6.45, 7) is 2.39. The number of aliphatic hydroxyl groups is 1. The van der Waals surface area contributed by atoms with E-state index in [-0.39, 0.29) is 44.3 Å². The van der Waals surface area contributed by atoms with Crippen molar-refractivity contribution in [2.24, 2.45) is 0 Å². The van der Waals surface area contributed by atoms with Crippen LogP contribution in [0.2, 0.25) is 0 Å². The topological polar surface area (TPSA) is 93.9 Å². The third-order valence-corrected chi connectivity index (χ3v) is 2.22. The monoisotopic (exact) mass is 273 g/mol. The zero-order valence-corrected chi connectivity index (χ0v) is 11.8. The van der Waals surface area contributed by atoms with E-state index in [2.05, 4.69) is 0 Å². The van der Waals surface area contributed by atoms with Crippen molar-refractivity contribution in [2.45, 2.75) is 6.92 Å². The Morgan fingerprint density at radius 1 is 1.16 bits per heavy atom. The predicted molar refractivity (Wildman–Crippen MR) is 71.4 cm³/mol. The highest BCUT2D eigenvalue weighted by Gasteiger charge is 2.13. The number of nitrogens with zero attached hydrogens (tertiary/aromatic N) is 2. The smallest absolute Gasteiger partial charge is 0.320 e. The lowest BCUT2D eigenvalue weighted by Gasteiger charge is -2.18. The SMILES string of the molecule is CC(=N)COC(=O)CN(C)CC(=O)CN(C)CCO. The molecular formula is C12H23N3O4. The fraction of sp³-hybridized carbons (Fsp3) is 0.750. The normalized spacial score (nSPS) is 10.8. The first kappa shape index (κ1) is 17.7. The van der Waals surface area contributed by atoms with E-state index in [1.165, 1.54) is 0 Å². The average molecular weight is 273 g/mol. The minimum Gasteiger partial charge on any atom is -0.459 e. The van der Waals surface area contributed by atoms with E-state index in [1.807, 2.05) is 0 Å². The van der Waals surface area contributed by atoms with Crippen molar-refractivity contribution in [1.82, 2.24) is 9.80 Å². The Kier molecular flexibility index (Phi) is 8.94. The number of likely N-dealkylation sites (N-methyl/N-ethyl adjacent to an activating group) is 2. The Labute approximate surface area is 113 Å². The molecule has 7 heteroatoms. The van der Waals surface area contributed by atoms with Gasteiger partial charge in [0.25, 0.3) is 0 Å². The standard InChI is InChI=1S/C12H23N3O4/c1-10(13)9-19-12(18)8-15(3)7-11(17)6-14(2)4-5-16/h13,16H,4-9H2,1-3H3. The van der Waals surface area contributed by atoms with Gasteiger partial charge in [0.05, 0.1) is 26.2 Å². The number of carbonyl (C=O) groups is 2. The molecule has 2 N–H and O–H groups in total. The van der Waals surface area contributed by atoms with Crippen molar-refractivity contribution in [1.29, 1.82) is 5.41 Å². The summed E-state index contributed by atoms with van der Waals surface area (Å²) in [6.07, 6.45) is 0. The number of nitrogens with one attached hydrogen (secondary N) is 1. The average Bonchev–Trinajstić information content (AvgIpc) is 2.25. The molecule has 0 bridgehead atoms. The van der Waals surface area contributed by atoms with Gasteiger partial charge < -0.3 is 15.3 Å². The van der Waals surface area contributed by atoms with Gasteiger partial charge in [0, 0.05) is 12.3 Å². The quantitative estimate of drug-likeness (QED) is 0.391. The van der Waals surface area contributed by atoms with Crippen LogP contribution in [0.4, 0.5) is 0 Å². The molecule has 19 heavy (non-hydrogen) atoms. The zero-order valence-electron chi connectivity index (χ0n) is 11.8. The second-order valence-electron chi connectivity index (χ2n) is 4.61. The van der Waals surface area contributed by atoms with Gasteiger partial charge in [-0.1, -0.05) is 0 Å². The van der Waals surface area contributed by atoms with E-state index in [0.29, 0.717) is 6.54 Å². The van der Waals surface area contributed by atoms with Crippen LogP contribution < -0.4 is 0 Å². The summed E-state index contributed by atoms with van der Waals surface area (Å²) >= 11 is 0. The van der Waals surface area contributed by atoms with Gasteiger partial charge in [-0.3, -0.25) is 19.4 Å². The molecule has 0 spiro atoms. The first-order chi connectivity index (χ1) is 8.85. The molecule has 0 saturated carbocycles. The Balaban J connectivity index is 3.89. The number of esters is 1. The fourth-order valence-corrected chi connectivity index (χ4v) is 1.41. The van der Waals surface area contributed by atoms with Crippen LogP contribution in [0, 0.1) is 5.41 Å². The molecule has 0 atom stereocenters. The second-order valence-corrected chi connectivity index (χ2v) is 4.61. The minimum atomic E-state index is -0.453. The van der Waals surface area contributed by atoms with Gasteiger partial charge >= 0.3 is 5.97 Å². The maximum Gasteiger partial charge on any atom is 0.320 e. The van der Waals surface area contributed by atoms with Crippen LogP contribution in [0.5, 0.6) is 0 Å². The van der Waals surface area contributed by atoms with Gasteiger partial charge in [0.1, 0.15) is 6.61 Å². The van der Waals surface area contributed by atoms with Crippen molar-refractivity contribution >= 4 is 17.5 Å². The summed E-state index contributed by atoms with van der Waals surface area (Å²) in [7, 11) is 3.40. The Bertz CT molecular complexity index is 320. The molecule has 110 valence electrons. The summed E-state index contributed by atoms with van der Waals surface area (Å²) in [5.41, 5.74) is 0.276. The van der Waals surface area contributed by atoms with Crippen LogP contribution in [0.15, 0.2) is 0 Å². The van der Waals surface area contributed by atoms with Crippen LogP contribution in [0.25, 0.3) is 0 Å². The van der Waals surface area contributed by atoms with Crippen molar-refractivity contribution in [3.63, 3.8) is 0 Å². The van der Waals surface area contributed by atoms with Crippen LogP contribution in [0.1, 0.15) is 6.92 Å². The summed E-state index contributed by atoms with van der Waals surface area (Å²) in [4.78, 5) is 26.3. The molecule has 0 aromatic rings.